The van der Waals surface area contributed by atoms with Crippen molar-refractivity contribution < 1.29 is 9.47 Å². The molecule has 3 unspecified atom stereocenters. The summed E-state index contributed by atoms with van der Waals surface area (Å²) in [6, 6.07) is 6.29. The summed E-state index contributed by atoms with van der Waals surface area (Å²) in [6.07, 6.45) is 2.36. The molecule has 19 heavy (non-hydrogen) atoms. The number of benzene rings is 1. The summed E-state index contributed by atoms with van der Waals surface area (Å²) >= 11 is 3.79. The van der Waals surface area contributed by atoms with E-state index in [0.29, 0.717) is 10.7 Å². The van der Waals surface area contributed by atoms with Crippen molar-refractivity contribution >= 4 is 15.9 Å². The van der Waals surface area contributed by atoms with Crippen LogP contribution in [0.2, 0.25) is 0 Å². The molecule has 0 aromatic heterocycles. The van der Waals surface area contributed by atoms with Crippen molar-refractivity contribution in [2.24, 2.45) is 11.8 Å². The van der Waals surface area contributed by atoms with Crippen LogP contribution >= 0.6 is 15.9 Å². The molecule has 1 heterocycles. The molecule has 2 nitrogen and oxygen atoms in total. The molecule has 0 spiro atoms. The first-order chi connectivity index (χ1) is 9.10. The fraction of sp³-hybridized carbons (Fsp3) is 0.625. The number of halogens is 1. The zero-order valence-electron chi connectivity index (χ0n) is 12.0. The molecule has 0 N–H and O–H groups in total. The maximum absolute atomic E-state index is 5.84. The molecule has 0 fully saturated rings. The highest BCUT2D eigenvalue weighted by atomic mass is 79.9. The van der Waals surface area contributed by atoms with Crippen LogP contribution in [-0.4, -0.2) is 13.2 Å². The minimum Gasteiger partial charge on any atom is -0.489 e. The Morgan fingerprint density at radius 3 is 2.63 bits per heavy atom. The van der Waals surface area contributed by atoms with Crippen molar-refractivity contribution in [2.45, 2.75) is 38.4 Å². The Labute approximate surface area is 124 Å². The standard InChI is InChI=1S/C16H23BrO2/c1-4-11(2)7-14(17)13-5-6-15-16(8-13)19-10-12(3)9-18-15/h5-6,8,11-12,14H,4,7,9-10H2,1-3H3. The van der Waals surface area contributed by atoms with E-state index in [-0.39, 0.29) is 0 Å². The zero-order valence-corrected chi connectivity index (χ0v) is 13.6. The molecular weight excluding hydrogens is 304 g/mol. The maximum Gasteiger partial charge on any atom is 0.161 e. The second-order valence-electron chi connectivity index (χ2n) is 5.65. The molecule has 1 aliphatic rings. The van der Waals surface area contributed by atoms with Crippen LogP contribution in [0.5, 0.6) is 11.5 Å². The van der Waals surface area contributed by atoms with Gasteiger partial charge in [-0.3, -0.25) is 0 Å². The van der Waals surface area contributed by atoms with Crippen molar-refractivity contribution in [1.82, 2.24) is 0 Å². The van der Waals surface area contributed by atoms with Crippen molar-refractivity contribution in [3.05, 3.63) is 23.8 Å². The van der Waals surface area contributed by atoms with E-state index in [0.717, 1.165) is 37.1 Å². The fourth-order valence-electron chi connectivity index (χ4n) is 2.12. The largest absolute Gasteiger partial charge is 0.489 e. The van der Waals surface area contributed by atoms with Crippen molar-refractivity contribution in [3.8, 4) is 11.5 Å². The number of alkyl halides is 1. The van der Waals surface area contributed by atoms with Gasteiger partial charge in [-0.15, -0.1) is 0 Å². The van der Waals surface area contributed by atoms with Crippen molar-refractivity contribution in [1.29, 1.82) is 0 Å². The minimum absolute atomic E-state index is 0.386. The van der Waals surface area contributed by atoms with Gasteiger partial charge in [0.15, 0.2) is 11.5 Å². The summed E-state index contributed by atoms with van der Waals surface area (Å²) in [5, 5.41) is 0. The van der Waals surface area contributed by atoms with Crippen LogP contribution in [0.15, 0.2) is 18.2 Å². The first kappa shape index (κ1) is 14.7. The Balaban J connectivity index is 2.12. The number of hydrogen-bond donors (Lipinski definition) is 0. The molecule has 0 saturated carbocycles. The number of hydrogen-bond acceptors (Lipinski definition) is 2. The Morgan fingerprint density at radius 2 is 1.95 bits per heavy atom. The summed E-state index contributed by atoms with van der Waals surface area (Å²) in [4.78, 5) is 0.386. The average molecular weight is 327 g/mol. The van der Waals surface area contributed by atoms with Gasteiger partial charge in [-0.05, 0) is 30.0 Å². The number of fused-ring (bicyclic) bond motifs is 1. The average Bonchev–Trinajstić information content (AvgIpc) is 2.60. The minimum atomic E-state index is 0.386. The van der Waals surface area contributed by atoms with Gasteiger partial charge in [0.1, 0.15) is 0 Å². The molecule has 3 atom stereocenters. The van der Waals surface area contributed by atoms with Crippen LogP contribution in [-0.2, 0) is 0 Å². The smallest absolute Gasteiger partial charge is 0.161 e. The van der Waals surface area contributed by atoms with Gasteiger partial charge < -0.3 is 9.47 Å². The van der Waals surface area contributed by atoms with E-state index < -0.39 is 0 Å². The summed E-state index contributed by atoms with van der Waals surface area (Å²) < 4.78 is 11.6. The molecule has 0 radical (unpaired) electrons. The third-order valence-electron chi connectivity index (χ3n) is 3.68. The monoisotopic (exact) mass is 326 g/mol. The molecule has 0 saturated heterocycles. The Hall–Kier alpha value is -0.700. The molecular formula is C16H23BrO2. The van der Waals surface area contributed by atoms with Crippen LogP contribution in [0.25, 0.3) is 0 Å². The van der Waals surface area contributed by atoms with E-state index in [1.165, 1.54) is 12.0 Å². The molecule has 0 aliphatic carbocycles. The summed E-state index contributed by atoms with van der Waals surface area (Å²) in [7, 11) is 0. The SMILES string of the molecule is CCC(C)CC(Br)c1ccc2c(c1)OCC(C)CO2. The van der Waals surface area contributed by atoms with Gasteiger partial charge in [0.2, 0.25) is 0 Å². The predicted molar refractivity (Wildman–Crippen MR) is 82.3 cm³/mol. The van der Waals surface area contributed by atoms with Crippen LogP contribution in [0.1, 0.15) is 44.0 Å². The van der Waals surface area contributed by atoms with Crippen LogP contribution in [0.3, 0.4) is 0 Å². The van der Waals surface area contributed by atoms with E-state index in [1.54, 1.807) is 0 Å². The van der Waals surface area contributed by atoms with Gasteiger partial charge >= 0.3 is 0 Å². The van der Waals surface area contributed by atoms with E-state index >= 15 is 0 Å². The Morgan fingerprint density at radius 1 is 1.26 bits per heavy atom. The lowest BCUT2D eigenvalue weighted by atomic mass is 9.99. The lowest BCUT2D eigenvalue weighted by Gasteiger charge is -2.16. The van der Waals surface area contributed by atoms with E-state index in [2.05, 4.69) is 48.8 Å². The van der Waals surface area contributed by atoms with E-state index in [1.807, 2.05) is 6.07 Å². The maximum atomic E-state index is 5.84. The van der Waals surface area contributed by atoms with Gasteiger partial charge in [0.05, 0.1) is 13.2 Å². The van der Waals surface area contributed by atoms with Crippen LogP contribution in [0, 0.1) is 11.8 Å². The topological polar surface area (TPSA) is 18.5 Å². The second-order valence-corrected chi connectivity index (χ2v) is 6.76. The molecule has 1 aromatic carbocycles. The lowest BCUT2D eigenvalue weighted by Crippen LogP contribution is -2.12. The summed E-state index contributed by atoms with van der Waals surface area (Å²) in [5.41, 5.74) is 1.28. The first-order valence-electron chi connectivity index (χ1n) is 7.13. The number of rotatable bonds is 4. The third-order valence-corrected chi connectivity index (χ3v) is 4.58. The highest BCUT2D eigenvalue weighted by molar-refractivity contribution is 9.09. The van der Waals surface area contributed by atoms with Gasteiger partial charge in [0.25, 0.3) is 0 Å². The first-order valence-corrected chi connectivity index (χ1v) is 8.05. The highest BCUT2D eigenvalue weighted by Crippen LogP contribution is 2.37. The molecule has 3 heteroatoms. The third kappa shape index (κ3) is 3.88. The molecule has 1 aromatic rings. The highest BCUT2D eigenvalue weighted by Gasteiger charge is 2.18. The Kier molecular flexibility index (Phi) is 5.14. The normalized spacial score (nSPS) is 21.6. The van der Waals surface area contributed by atoms with Crippen LogP contribution < -0.4 is 9.47 Å². The fourth-order valence-corrected chi connectivity index (χ4v) is 3.04. The van der Waals surface area contributed by atoms with E-state index in [9.17, 15) is 0 Å². The van der Waals surface area contributed by atoms with Gasteiger partial charge in [0, 0.05) is 10.7 Å². The van der Waals surface area contributed by atoms with Crippen LogP contribution in [0.4, 0.5) is 0 Å². The molecule has 1 aliphatic heterocycles. The molecule has 0 bridgehead atoms. The van der Waals surface area contributed by atoms with Crippen molar-refractivity contribution in [2.75, 3.05) is 13.2 Å². The summed E-state index contributed by atoms with van der Waals surface area (Å²) in [6.45, 7) is 8.13. The quantitative estimate of drug-likeness (QED) is 0.727. The number of ether oxygens (including phenoxy) is 2. The lowest BCUT2D eigenvalue weighted by molar-refractivity contribution is 0.228. The Bertz CT molecular complexity index is 419. The van der Waals surface area contributed by atoms with Gasteiger partial charge in [-0.1, -0.05) is 49.2 Å². The van der Waals surface area contributed by atoms with Gasteiger partial charge in [-0.25, -0.2) is 0 Å². The zero-order chi connectivity index (χ0) is 13.8. The molecule has 106 valence electrons. The molecule has 0 amide bonds. The predicted octanol–water partition coefficient (Wildman–Crippen LogP) is 4.97. The summed E-state index contributed by atoms with van der Waals surface area (Å²) in [5.74, 6) is 2.92. The molecule has 2 rings (SSSR count). The van der Waals surface area contributed by atoms with Gasteiger partial charge in [-0.2, -0.15) is 0 Å². The second kappa shape index (κ2) is 6.65. The van der Waals surface area contributed by atoms with E-state index in [4.69, 9.17) is 9.47 Å². The van der Waals surface area contributed by atoms with Crippen molar-refractivity contribution in [3.63, 3.8) is 0 Å².